The largest absolute Gasteiger partial charge is 0.356 e. The molecule has 2 N–H and O–H groups in total. The van der Waals surface area contributed by atoms with E-state index in [1.54, 1.807) is 11.4 Å². The van der Waals surface area contributed by atoms with Crippen molar-refractivity contribution in [2.24, 2.45) is 10.9 Å². The second-order valence-electron chi connectivity index (χ2n) is 6.90. The fraction of sp³-hybridized carbons (Fsp3) is 0.474. The van der Waals surface area contributed by atoms with Gasteiger partial charge in [0.1, 0.15) is 0 Å². The van der Waals surface area contributed by atoms with E-state index in [-0.39, 0.29) is 24.0 Å². The number of halogens is 1. The van der Waals surface area contributed by atoms with E-state index in [1.165, 1.54) is 11.8 Å². The van der Waals surface area contributed by atoms with Gasteiger partial charge in [0, 0.05) is 44.8 Å². The first-order valence-corrected chi connectivity index (χ1v) is 11.0. The Morgan fingerprint density at radius 2 is 1.93 bits per heavy atom. The van der Waals surface area contributed by atoms with Crippen molar-refractivity contribution in [2.75, 3.05) is 32.9 Å². The van der Waals surface area contributed by atoms with Gasteiger partial charge in [-0.05, 0) is 36.5 Å². The molecule has 1 aliphatic heterocycles. The first-order chi connectivity index (χ1) is 13.0. The number of fused-ring (bicyclic) bond motifs is 1. The monoisotopic (exact) mass is 517 g/mol. The van der Waals surface area contributed by atoms with Gasteiger partial charge in [-0.1, -0.05) is 18.2 Å². The molecule has 1 saturated heterocycles. The van der Waals surface area contributed by atoms with Crippen molar-refractivity contribution in [1.82, 2.24) is 19.9 Å². The van der Waals surface area contributed by atoms with Gasteiger partial charge in [0.2, 0.25) is 10.0 Å². The molecule has 1 fully saturated rings. The zero-order valence-corrected chi connectivity index (χ0v) is 19.4. The average Bonchev–Trinajstić information content (AvgIpc) is 2.68. The Balaban J connectivity index is 0.00000280. The Bertz CT molecular complexity index is 906. The average molecular weight is 517 g/mol. The van der Waals surface area contributed by atoms with E-state index in [2.05, 4.69) is 26.7 Å². The van der Waals surface area contributed by atoms with Crippen LogP contribution in [0.4, 0.5) is 0 Å². The minimum Gasteiger partial charge on any atom is -0.356 e. The lowest BCUT2D eigenvalue weighted by molar-refractivity contribution is 0.275. The molecule has 2 heterocycles. The molecule has 0 radical (unpaired) electrons. The first kappa shape index (κ1) is 22.8. The van der Waals surface area contributed by atoms with Gasteiger partial charge >= 0.3 is 0 Å². The van der Waals surface area contributed by atoms with E-state index in [0.29, 0.717) is 25.6 Å². The van der Waals surface area contributed by atoms with Crippen LogP contribution in [0.5, 0.6) is 0 Å². The molecule has 2 aromatic rings. The van der Waals surface area contributed by atoms with Gasteiger partial charge in [-0.25, -0.2) is 12.7 Å². The number of nitrogens with zero attached hydrogens (tertiary/aromatic N) is 3. The summed E-state index contributed by atoms with van der Waals surface area (Å²) in [5, 5.41) is 7.86. The van der Waals surface area contributed by atoms with Crippen molar-refractivity contribution < 1.29 is 8.42 Å². The molecule has 0 atom stereocenters. The summed E-state index contributed by atoms with van der Waals surface area (Å²) in [6.45, 7) is 2.64. The normalized spacial score (nSPS) is 16.6. The third-order valence-corrected chi connectivity index (χ3v) is 6.31. The Hall–Kier alpha value is -1.46. The van der Waals surface area contributed by atoms with E-state index in [0.717, 1.165) is 36.2 Å². The quantitative estimate of drug-likeness (QED) is 0.361. The van der Waals surface area contributed by atoms with Crippen LogP contribution in [0.1, 0.15) is 18.4 Å². The fourth-order valence-corrected chi connectivity index (χ4v) is 4.27. The minimum atomic E-state index is -3.07. The number of para-hydroxylation sites is 1. The highest BCUT2D eigenvalue weighted by atomic mass is 127. The first-order valence-electron chi connectivity index (χ1n) is 9.19. The number of benzene rings is 1. The maximum absolute atomic E-state index is 11.6. The number of hydrogen-bond acceptors (Lipinski definition) is 4. The molecule has 0 spiro atoms. The Labute approximate surface area is 184 Å². The van der Waals surface area contributed by atoms with Gasteiger partial charge in [-0.3, -0.25) is 9.98 Å². The molecule has 1 aromatic carbocycles. The summed E-state index contributed by atoms with van der Waals surface area (Å²) in [6.07, 6.45) is 4.84. The molecule has 28 heavy (non-hydrogen) atoms. The highest BCUT2D eigenvalue weighted by Crippen LogP contribution is 2.18. The number of rotatable bonds is 5. The predicted octanol–water partition coefficient (Wildman–Crippen LogP) is 2.19. The number of nitrogens with one attached hydrogen (secondary N) is 2. The highest BCUT2D eigenvalue weighted by Gasteiger charge is 2.24. The molecule has 0 amide bonds. The summed E-state index contributed by atoms with van der Waals surface area (Å²) < 4.78 is 24.8. The van der Waals surface area contributed by atoms with Gasteiger partial charge in [-0.15, -0.1) is 24.0 Å². The number of sulfonamides is 1. The van der Waals surface area contributed by atoms with E-state index >= 15 is 0 Å². The number of guanidine groups is 1. The third-order valence-electron chi connectivity index (χ3n) is 5.01. The SMILES string of the molecule is CN=C(NCc1ccnc2ccccc12)NCC1CCN(S(C)(=O)=O)CC1.I. The third kappa shape index (κ3) is 6.02. The van der Waals surface area contributed by atoms with E-state index in [4.69, 9.17) is 0 Å². The number of hydrogen-bond donors (Lipinski definition) is 2. The molecule has 3 rings (SSSR count). The standard InChI is InChI=1S/C19H27N5O2S.HI/c1-20-19(22-13-15-8-11-24(12-9-15)27(2,25)26)23-14-16-7-10-21-18-6-4-3-5-17(16)18;/h3-7,10,15H,8-9,11-14H2,1-2H3,(H2,20,22,23);1H. The highest BCUT2D eigenvalue weighted by molar-refractivity contribution is 14.0. The molecule has 9 heteroatoms. The molecule has 0 bridgehead atoms. The number of aromatic nitrogens is 1. The number of aliphatic imine (C=N–C) groups is 1. The van der Waals surface area contributed by atoms with Gasteiger partial charge in [0.05, 0.1) is 11.8 Å². The van der Waals surface area contributed by atoms with Crippen molar-refractivity contribution >= 4 is 50.9 Å². The summed E-state index contributed by atoms with van der Waals surface area (Å²) in [5.74, 6) is 1.20. The molecule has 1 aromatic heterocycles. The molecular formula is C19H28IN5O2S. The van der Waals surface area contributed by atoms with Crippen LogP contribution < -0.4 is 10.6 Å². The lowest BCUT2D eigenvalue weighted by Crippen LogP contribution is -2.43. The summed E-state index contributed by atoms with van der Waals surface area (Å²) in [6, 6.07) is 10.1. The lowest BCUT2D eigenvalue weighted by Gasteiger charge is -2.30. The van der Waals surface area contributed by atoms with Crippen molar-refractivity contribution in [2.45, 2.75) is 19.4 Å². The summed E-state index contributed by atoms with van der Waals surface area (Å²) in [4.78, 5) is 8.68. The second kappa shape index (κ2) is 10.4. The van der Waals surface area contributed by atoms with Crippen LogP contribution in [-0.4, -0.2) is 56.6 Å². The van der Waals surface area contributed by atoms with E-state index in [1.807, 2.05) is 30.5 Å². The van der Waals surface area contributed by atoms with Crippen LogP contribution in [0, 0.1) is 5.92 Å². The van der Waals surface area contributed by atoms with Crippen LogP contribution in [-0.2, 0) is 16.6 Å². The van der Waals surface area contributed by atoms with Gasteiger partial charge in [-0.2, -0.15) is 0 Å². The van der Waals surface area contributed by atoms with Crippen molar-refractivity contribution in [3.05, 3.63) is 42.1 Å². The van der Waals surface area contributed by atoms with Crippen molar-refractivity contribution in [1.29, 1.82) is 0 Å². The summed E-state index contributed by atoms with van der Waals surface area (Å²) >= 11 is 0. The molecule has 0 aliphatic carbocycles. The maximum Gasteiger partial charge on any atom is 0.211 e. The van der Waals surface area contributed by atoms with Gasteiger partial charge in [0.25, 0.3) is 0 Å². The predicted molar refractivity (Wildman–Crippen MR) is 125 cm³/mol. The van der Waals surface area contributed by atoms with Crippen molar-refractivity contribution in [3.8, 4) is 0 Å². The Morgan fingerprint density at radius 1 is 1.21 bits per heavy atom. The Kier molecular flexibility index (Phi) is 8.44. The lowest BCUT2D eigenvalue weighted by atomic mass is 9.98. The van der Waals surface area contributed by atoms with E-state index < -0.39 is 10.0 Å². The van der Waals surface area contributed by atoms with Crippen LogP contribution in [0.15, 0.2) is 41.5 Å². The number of piperidine rings is 1. The van der Waals surface area contributed by atoms with Crippen molar-refractivity contribution in [3.63, 3.8) is 0 Å². The zero-order valence-electron chi connectivity index (χ0n) is 16.3. The molecule has 154 valence electrons. The minimum absolute atomic E-state index is 0. The van der Waals surface area contributed by atoms with Crippen LogP contribution in [0.25, 0.3) is 10.9 Å². The smallest absolute Gasteiger partial charge is 0.211 e. The Morgan fingerprint density at radius 3 is 2.61 bits per heavy atom. The molecule has 1 aliphatic rings. The van der Waals surface area contributed by atoms with Gasteiger partial charge < -0.3 is 10.6 Å². The van der Waals surface area contributed by atoms with Gasteiger partial charge in [0.15, 0.2) is 5.96 Å². The molecule has 0 saturated carbocycles. The molecule has 0 unspecified atom stereocenters. The fourth-order valence-electron chi connectivity index (χ4n) is 3.39. The zero-order chi connectivity index (χ0) is 19.3. The van der Waals surface area contributed by atoms with Crippen LogP contribution >= 0.6 is 24.0 Å². The molecular weight excluding hydrogens is 489 g/mol. The topological polar surface area (TPSA) is 86.7 Å². The number of pyridine rings is 1. The summed E-state index contributed by atoms with van der Waals surface area (Å²) in [7, 11) is -1.31. The summed E-state index contributed by atoms with van der Waals surface area (Å²) in [5.41, 5.74) is 2.15. The maximum atomic E-state index is 11.6. The van der Waals surface area contributed by atoms with E-state index in [9.17, 15) is 8.42 Å². The second-order valence-corrected chi connectivity index (χ2v) is 8.88. The van der Waals surface area contributed by atoms with Crippen LogP contribution in [0.2, 0.25) is 0 Å². The van der Waals surface area contributed by atoms with Crippen LogP contribution in [0.3, 0.4) is 0 Å². The molecule has 7 nitrogen and oxygen atoms in total.